The van der Waals surface area contributed by atoms with E-state index in [0.29, 0.717) is 41.1 Å². The number of benzene rings is 3. The molecule has 42 heavy (non-hydrogen) atoms. The number of methoxy groups -OCH3 is 1. The van der Waals surface area contributed by atoms with Crippen molar-refractivity contribution in [2.75, 3.05) is 25.0 Å². The van der Waals surface area contributed by atoms with Crippen molar-refractivity contribution in [2.24, 2.45) is 0 Å². The lowest BCUT2D eigenvalue weighted by Crippen LogP contribution is -2.19. The maximum Gasteiger partial charge on any atom is 0.417 e. The summed E-state index contributed by atoms with van der Waals surface area (Å²) < 4.78 is 99.7. The number of ether oxygens (including phenoxy) is 3. The summed E-state index contributed by atoms with van der Waals surface area (Å²) in [7, 11) is -3.19. The van der Waals surface area contributed by atoms with Gasteiger partial charge in [-0.05, 0) is 62.2 Å². The van der Waals surface area contributed by atoms with E-state index in [-0.39, 0.29) is 17.2 Å². The Kier molecular flexibility index (Phi) is 8.41. The highest BCUT2D eigenvalue weighted by Gasteiger charge is 2.37. The molecule has 1 aromatic heterocycles. The van der Waals surface area contributed by atoms with Crippen LogP contribution < -0.4 is 24.2 Å². The van der Waals surface area contributed by atoms with Crippen molar-refractivity contribution < 1.29 is 40.2 Å². The van der Waals surface area contributed by atoms with Gasteiger partial charge in [0.05, 0.1) is 35.4 Å². The molecule has 8 nitrogen and oxygen atoms in total. The second-order valence-electron chi connectivity index (χ2n) is 9.61. The van der Waals surface area contributed by atoms with Crippen molar-refractivity contribution in [3.05, 3.63) is 78.2 Å². The first kappa shape index (κ1) is 29.4. The summed E-state index contributed by atoms with van der Waals surface area (Å²) in [6, 6.07) is 12.4. The van der Waals surface area contributed by atoms with Crippen LogP contribution in [-0.4, -0.2) is 39.7 Å². The molecule has 1 aliphatic carbocycles. The van der Waals surface area contributed by atoms with Gasteiger partial charge in [-0.1, -0.05) is 12.1 Å². The number of aromatic nitrogens is 1. The van der Waals surface area contributed by atoms with Crippen molar-refractivity contribution in [3.8, 4) is 23.0 Å². The number of fused-ring (bicyclic) bond motifs is 1. The minimum absolute atomic E-state index is 0.241. The second-order valence-corrected chi connectivity index (χ2v) is 11.3. The SMILES string of the molecule is COc1cc2c(Oc3ccc(NS(=O)(=O)c4ccccc4C(F)(F)F)cc3F)ccnc2cc1OCCCNC1CC1. The predicted octanol–water partition coefficient (Wildman–Crippen LogP) is 6.52. The van der Waals surface area contributed by atoms with E-state index < -0.39 is 32.5 Å². The molecule has 1 aliphatic rings. The Balaban J connectivity index is 1.33. The zero-order valence-corrected chi connectivity index (χ0v) is 23.2. The standard InChI is InChI=1S/C29H27F4N3O5S/c1-39-26-16-20-23(17-27(26)40-14-4-12-34-18-7-8-18)35-13-11-24(20)41-25-10-9-19(15-22(25)30)36-42(37,38)28-6-3-2-5-21(28)29(31,32)33/h2-3,5-6,9-11,13,15-18,34,36H,4,7-8,12,14H2,1H3. The Morgan fingerprint density at radius 1 is 0.976 bits per heavy atom. The molecule has 0 radical (unpaired) electrons. The number of rotatable bonds is 12. The number of halogens is 4. The molecule has 0 aliphatic heterocycles. The zero-order valence-electron chi connectivity index (χ0n) is 22.4. The molecule has 3 aromatic carbocycles. The molecule has 0 amide bonds. The normalized spacial score (nSPS) is 13.6. The molecule has 0 spiro atoms. The largest absolute Gasteiger partial charge is 0.493 e. The summed E-state index contributed by atoms with van der Waals surface area (Å²) in [5.41, 5.74) is -1.11. The molecule has 1 heterocycles. The van der Waals surface area contributed by atoms with E-state index >= 15 is 4.39 Å². The van der Waals surface area contributed by atoms with E-state index in [1.807, 2.05) is 4.72 Å². The smallest absolute Gasteiger partial charge is 0.417 e. The first-order chi connectivity index (χ1) is 20.0. The van der Waals surface area contributed by atoms with Crippen molar-refractivity contribution in [3.63, 3.8) is 0 Å². The molecule has 1 fully saturated rings. The van der Waals surface area contributed by atoms with Gasteiger partial charge < -0.3 is 19.5 Å². The van der Waals surface area contributed by atoms with Crippen molar-refractivity contribution in [1.29, 1.82) is 0 Å². The van der Waals surface area contributed by atoms with Crippen LogP contribution in [0, 0.1) is 5.82 Å². The van der Waals surface area contributed by atoms with Gasteiger partial charge in [-0.3, -0.25) is 9.71 Å². The van der Waals surface area contributed by atoms with Gasteiger partial charge in [-0.25, -0.2) is 12.8 Å². The molecule has 2 N–H and O–H groups in total. The Morgan fingerprint density at radius 2 is 1.76 bits per heavy atom. The third kappa shape index (κ3) is 6.85. The molecule has 5 rings (SSSR count). The predicted molar refractivity (Wildman–Crippen MR) is 148 cm³/mol. The number of pyridine rings is 1. The maximum absolute atomic E-state index is 15.0. The highest BCUT2D eigenvalue weighted by molar-refractivity contribution is 7.92. The molecule has 0 atom stereocenters. The number of alkyl halides is 3. The lowest BCUT2D eigenvalue weighted by atomic mass is 10.1. The molecule has 13 heteroatoms. The summed E-state index contributed by atoms with van der Waals surface area (Å²) in [5.74, 6) is -0.0275. The monoisotopic (exact) mass is 605 g/mol. The fourth-order valence-corrected chi connectivity index (χ4v) is 5.53. The van der Waals surface area contributed by atoms with Crippen LogP contribution in [0.2, 0.25) is 0 Å². The summed E-state index contributed by atoms with van der Waals surface area (Å²) in [6.45, 7) is 1.32. The fourth-order valence-electron chi connectivity index (χ4n) is 4.25. The molecule has 1 saturated carbocycles. The number of nitrogens with zero attached hydrogens (tertiary/aromatic N) is 1. The number of sulfonamides is 1. The molecule has 0 unspecified atom stereocenters. The third-order valence-corrected chi connectivity index (χ3v) is 7.90. The number of anilines is 1. The average molecular weight is 606 g/mol. The zero-order chi connectivity index (χ0) is 29.9. The van der Waals surface area contributed by atoms with Gasteiger partial charge in [0.1, 0.15) is 5.75 Å². The van der Waals surface area contributed by atoms with E-state index in [1.54, 1.807) is 12.1 Å². The van der Waals surface area contributed by atoms with E-state index in [4.69, 9.17) is 14.2 Å². The van der Waals surface area contributed by atoms with Crippen LogP contribution in [0.1, 0.15) is 24.8 Å². The van der Waals surface area contributed by atoms with Crippen LogP contribution in [0.25, 0.3) is 10.9 Å². The van der Waals surface area contributed by atoms with Crippen LogP contribution in [0.15, 0.2) is 71.8 Å². The summed E-state index contributed by atoms with van der Waals surface area (Å²) >= 11 is 0. The Bertz CT molecular complexity index is 1690. The second kappa shape index (κ2) is 12.0. The number of hydrogen-bond acceptors (Lipinski definition) is 7. The minimum Gasteiger partial charge on any atom is -0.493 e. The highest BCUT2D eigenvalue weighted by atomic mass is 32.2. The van der Waals surface area contributed by atoms with Crippen molar-refractivity contribution in [1.82, 2.24) is 10.3 Å². The summed E-state index contributed by atoms with van der Waals surface area (Å²) in [6.07, 6.45) is -0.185. The van der Waals surface area contributed by atoms with Crippen LogP contribution in [0.3, 0.4) is 0 Å². The Labute approximate surface area is 239 Å². The number of nitrogens with one attached hydrogen (secondary N) is 2. The molecular weight excluding hydrogens is 578 g/mol. The fraction of sp³-hybridized carbons (Fsp3) is 0.276. The lowest BCUT2D eigenvalue weighted by Gasteiger charge is -2.15. The first-order valence-corrected chi connectivity index (χ1v) is 14.5. The minimum atomic E-state index is -4.90. The van der Waals surface area contributed by atoms with Gasteiger partial charge in [0.15, 0.2) is 23.1 Å². The molecule has 0 saturated heterocycles. The van der Waals surface area contributed by atoms with Gasteiger partial charge >= 0.3 is 6.18 Å². The Hall–Kier alpha value is -4.10. The molecule has 222 valence electrons. The van der Waals surface area contributed by atoms with Crippen LogP contribution in [0.4, 0.5) is 23.2 Å². The van der Waals surface area contributed by atoms with Crippen molar-refractivity contribution >= 4 is 26.6 Å². The van der Waals surface area contributed by atoms with Crippen LogP contribution in [0.5, 0.6) is 23.0 Å². The average Bonchev–Trinajstić information content (AvgIpc) is 3.78. The first-order valence-electron chi connectivity index (χ1n) is 13.0. The lowest BCUT2D eigenvalue weighted by molar-refractivity contribution is -0.139. The van der Waals surface area contributed by atoms with Gasteiger partial charge in [0.2, 0.25) is 0 Å². The van der Waals surface area contributed by atoms with E-state index in [1.165, 1.54) is 44.3 Å². The number of hydrogen-bond donors (Lipinski definition) is 2. The van der Waals surface area contributed by atoms with Crippen LogP contribution >= 0.6 is 0 Å². The van der Waals surface area contributed by atoms with Gasteiger partial charge in [-0.2, -0.15) is 13.2 Å². The van der Waals surface area contributed by atoms with E-state index in [2.05, 4.69) is 10.3 Å². The summed E-state index contributed by atoms with van der Waals surface area (Å²) in [5, 5.41) is 3.92. The van der Waals surface area contributed by atoms with Gasteiger partial charge in [0.25, 0.3) is 10.0 Å². The highest BCUT2D eigenvalue weighted by Crippen LogP contribution is 2.38. The maximum atomic E-state index is 15.0. The van der Waals surface area contributed by atoms with E-state index in [0.717, 1.165) is 37.2 Å². The van der Waals surface area contributed by atoms with Gasteiger partial charge in [0, 0.05) is 29.8 Å². The molecule has 4 aromatic rings. The van der Waals surface area contributed by atoms with Crippen LogP contribution in [-0.2, 0) is 16.2 Å². The van der Waals surface area contributed by atoms with Gasteiger partial charge in [-0.15, -0.1) is 0 Å². The van der Waals surface area contributed by atoms with E-state index in [9.17, 15) is 21.6 Å². The topological polar surface area (TPSA) is 98.8 Å². The molecule has 0 bridgehead atoms. The summed E-state index contributed by atoms with van der Waals surface area (Å²) in [4.78, 5) is 3.37. The quantitative estimate of drug-likeness (QED) is 0.140. The van der Waals surface area contributed by atoms with Crippen molar-refractivity contribution in [2.45, 2.75) is 36.4 Å². The molecular formula is C29H27F4N3O5S. The third-order valence-electron chi connectivity index (χ3n) is 6.46. The Morgan fingerprint density at radius 3 is 2.48 bits per heavy atom.